The molecule has 1 aliphatic heterocycles. The van der Waals surface area contributed by atoms with Gasteiger partial charge in [0.05, 0.1) is 30.8 Å². The summed E-state index contributed by atoms with van der Waals surface area (Å²) in [6.45, 7) is 0.281. The van der Waals surface area contributed by atoms with Crippen molar-refractivity contribution in [2.75, 3.05) is 33.9 Å². The number of halogens is 1. The van der Waals surface area contributed by atoms with Crippen molar-refractivity contribution >= 4 is 22.4 Å². The number of sulfonamides is 1. The summed E-state index contributed by atoms with van der Waals surface area (Å²) in [7, 11) is -0.391. The topological polar surface area (TPSA) is 108 Å². The monoisotopic (exact) mass is 486 g/mol. The van der Waals surface area contributed by atoms with Gasteiger partial charge in [0.2, 0.25) is 10.0 Å². The minimum Gasteiger partial charge on any atom is -0.497 e. The molecule has 1 aliphatic rings. The normalized spacial score (nSPS) is 23.2. The van der Waals surface area contributed by atoms with Crippen LogP contribution in [0.5, 0.6) is 5.75 Å². The van der Waals surface area contributed by atoms with Crippen LogP contribution in [0.2, 0.25) is 0 Å². The third-order valence-electron chi connectivity index (χ3n) is 5.59. The second-order valence-electron chi connectivity index (χ2n) is 7.62. The van der Waals surface area contributed by atoms with Crippen molar-refractivity contribution in [3.63, 3.8) is 0 Å². The first kappa shape index (κ1) is 26.5. The average Bonchev–Trinajstić information content (AvgIpc) is 3.12. The number of aliphatic hydroxyl groups is 2. The van der Waals surface area contributed by atoms with Crippen molar-refractivity contribution in [3.05, 3.63) is 60.2 Å². The summed E-state index contributed by atoms with van der Waals surface area (Å²) in [4.78, 5) is 2.07. The number of benzene rings is 2. The van der Waals surface area contributed by atoms with Gasteiger partial charge in [-0.05, 0) is 43.3 Å². The molecule has 32 heavy (non-hydrogen) atoms. The van der Waals surface area contributed by atoms with Gasteiger partial charge < -0.3 is 19.7 Å². The molecule has 0 saturated carbocycles. The summed E-state index contributed by atoms with van der Waals surface area (Å²) in [6, 6.07) is 15.6. The Labute approximate surface area is 195 Å². The summed E-state index contributed by atoms with van der Waals surface area (Å²) in [5, 5.41) is 20.2. The van der Waals surface area contributed by atoms with E-state index in [1.165, 1.54) is 24.8 Å². The van der Waals surface area contributed by atoms with E-state index in [1.807, 2.05) is 42.3 Å². The average molecular weight is 487 g/mol. The van der Waals surface area contributed by atoms with Crippen molar-refractivity contribution in [3.8, 4) is 5.75 Å². The molecule has 0 unspecified atom stereocenters. The smallest absolute Gasteiger partial charge is 0.240 e. The molecule has 178 valence electrons. The maximum Gasteiger partial charge on any atom is 0.240 e. The molecule has 8 nitrogen and oxygen atoms in total. The first-order chi connectivity index (χ1) is 14.9. The fourth-order valence-electron chi connectivity index (χ4n) is 3.82. The van der Waals surface area contributed by atoms with Gasteiger partial charge in [0, 0.05) is 13.1 Å². The maximum absolute atomic E-state index is 12.7. The van der Waals surface area contributed by atoms with E-state index in [0.717, 1.165) is 6.42 Å². The van der Waals surface area contributed by atoms with Crippen LogP contribution in [0.25, 0.3) is 0 Å². The molecule has 0 aliphatic carbocycles. The van der Waals surface area contributed by atoms with E-state index in [2.05, 4.69) is 4.72 Å². The highest BCUT2D eigenvalue weighted by atomic mass is 35.5. The maximum atomic E-state index is 12.7. The van der Waals surface area contributed by atoms with Crippen LogP contribution in [0.3, 0.4) is 0 Å². The van der Waals surface area contributed by atoms with E-state index in [-0.39, 0.29) is 30.5 Å². The first-order valence-electron chi connectivity index (χ1n) is 10.2. The molecule has 0 bridgehead atoms. The zero-order valence-electron chi connectivity index (χ0n) is 18.1. The number of hydrogen-bond donors (Lipinski definition) is 3. The molecule has 0 aromatic heterocycles. The van der Waals surface area contributed by atoms with E-state index >= 15 is 0 Å². The molecule has 10 heteroatoms. The molecule has 1 saturated heterocycles. The second-order valence-corrected chi connectivity index (χ2v) is 9.39. The number of hydrogen-bond acceptors (Lipinski definition) is 7. The van der Waals surface area contributed by atoms with Crippen molar-refractivity contribution in [2.45, 2.75) is 35.7 Å². The standard InChI is InChI=1S/C22H30N2O6S.ClH/c1-24(13-12-16-6-4-3-5-7-16)21-19(30-20(15-25)22(21)26)14-23-31(27,28)18-10-8-17(29-2)9-11-18;/h3-11,19-23,25-26H,12-15H2,1-2H3;1H/t19-,20+,21+,22-;/m1./s1. The van der Waals surface area contributed by atoms with Gasteiger partial charge in [-0.25, -0.2) is 13.1 Å². The quantitative estimate of drug-likeness (QED) is 0.460. The minimum atomic E-state index is -3.77. The molecule has 4 atom stereocenters. The van der Waals surface area contributed by atoms with Crippen molar-refractivity contribution in [1.82, 2.24) is 9.62 Å². The van der Waals surface area contributed by atoms with Crippen molar-refractivity contribution in [1.29, 1.82) is 0 Å². The lowest BCUT2D eigenvalue weighted by molar-refractivity contribution is -0.0201. The van der Waals surface area contributed by atoms with Crippen LogP contribution in [0.1, 0.15) is 5.56 Å². The molecule has 3 N–H and O–H groups in total. The molecule has 1 heterocycles. The molecular weight excluding hydrogens is 456 g/mol. The summed E-state index contributed by atoms with van der Waals surface area (Å²) in [6.07, 6.45) is -1.53. The Morgan fingerprint density at radius 3 is 2.34 bits per heavy atom. The number of rotatable bonds is 10. The minimum absolute atomic E-state index is 0. The summed E-state index contributed by atoms with van der Waals surface area (Å²) in [5.41, 5.74) is 1.17. The fourth-order valence-corrected chi connectivity index (χ4v) is 4.86. The number of nitrogens with zero attached hydrogens (tertiary/aromatic N) is 1. The van der Waals surface area contributed by atoms with E-state index < -0.39 is 34.4 Å². The molecule has 0 radical (unpaired) electrons. The van der Waals surface area contributed by atoms with Gasteiger partial charge in [0.1, 0.15) is 18.0 Å². The third kappa shape index (κ3) is 6.41. The van der Waals surface area contributed by atoms with Crippen LogP contribution in [-0.2, 0) is 21.2 Å². The number of ether oxygens (including phenoxy) is 2. The third-order valence-corrected chi connectivity index (χ3v) is 7.03. The van der Waals surface area contributed by atoms with Crippen LogP contribution in [0.15, 0.2) is 59.5 Å². The lowest BCUT2D eigenvalue weighted by Gasteiger charge is -2.30. The first-order valence-corrected chi connectivity index (χ1v) is 11.7. The molecule has 0 amide bonds. The van der Waals surface area contributed by atoms with Gasteiger partial charge in [0.15, 0.2) is 0 Å². The highest BCUT2D eigenvalue weighted by Crippen LogP contribution is 2.26. The van der Waals surface area contributed by atoms with E-state index in [0.29, 0.717) is 12.3 Å². The zero-order valence-corrected chi connectivity index (χ0v) is 19.8. The van der Waals surface area contributed by atoms with Crippen LogP contribution < -0.4 is 9.46 Å². The molecule has 2 aromatic rings. The van der Waals surface area contributed by atoms with E-state index in [4.69, 9.17) is 9.47 Å². The molecular formula is C22H31ClN2O6S. The Bertz CT molecular complexity index is 929. The van der Waals surface area contributed by atoms with Crippen molar-refractivity contribution in [2.24, 2.45) is 0 Å². The molecule has 0 spiro atoms. The molecule has 3 rings (SSSR count). The molecule has 2 aromatic carbocycles. The van der Waals surface area contributed by atoms with Gasteiger partial charge in [-0.15, -0.1) is 12.4 Å². The number of likely N-dealkylation sites (N-methyl/N-ethyl adjacent to an activating group) is 1. The van der Waals surface area contributed by atoms with Gasteiger partial charge in [0.25, 0.3) is 0 Å². The van der Waals surface area contributed by atoms with Gasteiger partial charge in [-0.1, -0.05) is 30.3 Å². The van der Waals surface area contributed by atoms with Crippen LogP contribution in [0, 0.1) is 0 Å². The SMILES string of the molecule is COc1ccc(S(=O)(=O)NC[C@H]2O[C@@H](CO)[C@@H](O)[C@H]2N(C)CCc2ccccc2)cc1.Cl. The fraction of sp³-hybridized carbons (Fsp3) is 0.455. The number of nitrogens with one attached hydrogen (secondary N) is 1. The summed E-state index contributed by atoms with van der Waals surface area (Å²) >= 11 is 0. The van der Waals surface area contributed by atoms with Crippen molar-refractivity contribution < 1.29 is 28.1 Å². The molecule has 1 fully saturated rings. The number of methoxy groups -OCH3 is 1. The van der Waals surface area contributed by atoms with Crippen LogP contribution >= 0.6 is 12.4 Å². The Morgan fingerprint density at radius 2 is 1.75 bits per heavy atom. The Morgan fingerprint density at radius 1 is 1.09 bits per heavy atom. The Hall–Kier alpha value is -1.72. The second kappa shape index (κ2) is 11.9. The lowest BCUT2D eigenvalue weighted by Crippen LogP contribution is -2.50. The largest absolute Gasteiger partial charge is 0.497 e. The van der Waals surface area contributed by atoms with Gasteiger partial charge in [-0.3, -0.25) is 4.90 Å². The van der Waals surface area contributed by atoms with Crippen LogP contribution in [-0.4, -0.2) is 81.7 Å². The van der Waals surface area contributed by atoms with Crippen LogP contribution in [0.4, 0.5) is 0 Å². The predicted octanol–water partition coefficient (Wildman–Crippen LogP) is 1.06. The number of aliphatic hydroxyl groups excluding tert-OH is 2. The lowest BCUT2D eigenvalue weighted by atomic mass is 10.0. The highest BCUT2D eigenvalue weighted by Gasteiger charge is 2.45. The van der Waals surface area contributed by atoms with E-state index in [9.17, 15) is 18.6 Å². The Kier molecular flexibility index (Phi) is 9.90. The Balaban J connectivity index is 0.00000363. The summed E-state index contributed by atoms with van der Waals surface area (Å²) in [5.74, 6) is 0.562. The zero-order chi connectivity index (χ0) is 22.4. The van der Waals surface area contributed by atoms with E-state index in [1.54, 1.807) is 12.1 Å². The predicted molar refractivity (Wildman–Crippen MR) is 124 cm³/mol. The van der Waals surface area contributed by atoms with Gasteiger partial charge >= 0.3 is 0 Å². The summed E-state index contributed by atoms with van der Waals surface area (Å²) < 4.78 is 38.8. The van der Waals surface area contributed by atoms with Gasteiger partial charge in [-0.2, -0.15) is 0 Å². The highest BCUT2D eigenvalue weighted by molar-refractivity contribution is 7.89.